The lowest BCUT2D eigenvalue weighted by Gasteiger charge is -2.21. The zero-order valence-corrected chi connectivity index (χ0v) is 15.8. The fourth-order valence-corrected chi connectivity index (χ4v) is 2.73. The minimum absolute atomic E-state index is 0.0878. The monoisotopic (exact) mass is 354 g/mol. The Bertz CT molecular complexity index is 769. The lowest BCUT2D eigenvalue weighted by Crippen LogP contribution is -2.32. The number of hydrogen-bond acceptors (Lipinski definition) is 3. The second-order valence-electron chi connectivity index (χ2n) is 6.19. The number of ether oxygens (including phenoxy) is 1. The molecule has 0 saturated carbocycles. The number of hydrogen-bond donors (Lipinski definition) is 1. The summed E-state index contributed by atoms with van der Waals surface area (Å²) in [6.45, 7) is 5.87. The largest absolute Gasteiger partial charge is 0.495 e. The van der Waals surface area contributed by atoms with Crippen LogP contribution >= 0.6 is 0 Å². The molecule has 0 aliphatic carbocycles. The number of amides is 2. The van der Waals surface area contributed by atoms with Crippen LogP contribution in [0.25, 0.3) is 0 Å². The molecule has 5 nitrogen and oxygen atoms in total. The van der Waals surface area contributed by atoms with Crippen molar-refractivity contribution in [2.75, 3.05) is 23.9 Å². The van der Waals surface area contributed by atoms with Crippen LogP contribution in [0.1, 0.15) is 31.4 Å². The Labute approximate surface area is 155 Å². The molecule has 0 aromatic heterocycles. The molecule has 0 unspecified atom stereocenters. The molecule has 0 spiro atoms. The third-order valence-electron chi connectivity index (χ3n) is 4.23. The van der Waals surface area contributed by atoms with Crippen LogP contribution in [0.3, 0.4) is 0 Å². The molecule has 0 fully saturated rings. The van der Waals surface area contributed by atoms with Crippen molar-refractivity contribution in [2.45, 2.75) is 33.6 Å². The van der Waals surface area contributed by atoms with Gasteiger partial charge in [-0.25, -0.2) is 0 Å². The molecule has 2 rings (SSSR count). The molecule has 0 saturated heterocycles. The van der Waals surface area contributed by atoms with Gasteiger partial charge in [-0.1, -0.05) is 25.1 Å². The van der Waals surface area contributed by atoms with Gasteiger partial charge in [0.15, 0.2) is 0 Å². The first kappa shape index (κ1) is 19.5. The SMILES string of the molecule is CCc1ccc(N(CCC(=O)Nc2cc(C)ccc2OC)C(C)=O)cc1. The summed E-state index contributed by atoms with van der Waals surface area (Å²) >= 11 is 0. The molecule has 0 heterocycles. The molecule has 26 heavy (non-hydrogen) atoms. The van der Waals surface area contributed by atoms with Gasteiger partial charge in [0.2, 0.25) is 11.8 Å². The summed E-state index contributed by atoms with van der Waals surface area (Å²) in [5.41, 5.74) is 3.68. The van der Waals surface area contributed by atoms with Crippen molar-refractivity contribution < 1.29 is 14.3 Å². The Morgan fingerprint density at radius 1 is 1.12 bits per heavy atom. The highest BCUT2D eigenvalue weighted by molar-refractivity contribution is 5.95. The lowest BCUT2D eigenvalue weighted by molar-refractivity contribution is -0.117. The molecule has 0 aliphatic heterocycles. The highest BCUT2D eigenvalue weighted by atomic mass is 16.5. The predicted octanol–water partition coefficient (Wildman–Crippen LogP) is 3.95. The van der Waals surface area contributed by atoms with Gasteiger partial charge >= 0.3 is 0 Å². The highest BCUT2D eigenvalue weighted by Crippen LogP contribution is 2.25. The van der Waals surface area contributed by atoms with Crippen LogP contribution in [0.4, 0.5) is 11.4 Å². The van der Waals surface area contributed by atoms with Crippen LogP contribution in [0.5, 0.6) is 5.75 Å². The number of carbonyl (C=O) groups excluding carboxylic acids is 2. The van der Waals surface area contributed by atoms with Crippen LogP contribution in [0.15, 0.2) is 42.5 Å². The van der Waals surface area contributed by atoms with E-state index in [9.17, 15) is 9.59 Å². The molecule has 0 aliphatic rings. The summed E-state index contributed by atoms with van der Waals surface area (Å²) in [7, 11) is 1.57. The molecular weight excluding hydrogens is 328 g/mol. The Kier molecular flexibility index (Phi) is 6.78. The van der Waals surface area contributed by atoms with Gasteiger partial charge in [-0.05, 0) is 48.7 Å². The summed E-state index contributed by atoms with van der Waals surface area (Å²) in [6.07, 6.45) is 1.15. The van der Waals surface area contributed by atoms with E-state index in [-0.39, 0.29) is 18.2 Å². The second-order valence-corrected chi connectivity index (χ2v) is 6.19. The van der Waals surface area contributed by atoms with E-state index in [1.54, 1.807) is 12.0 Å². The van der Waals surface area contributed by atoms with E-state index in [4.69, 9.17) is 4.74 Å². The summed E-state index contributed by atoms with van der Waals surface area (Å²) in [4.78, 5) is 26.0. The third-order valence-corrected chi connectivity index (χ3v) is 4.23. The summed E-state index contributed by atoms with van der Waals surface area (Å²) in [5.74, 6) is 0.364. The molecule has 2 aromatic carbocycles. The number of benzene rings is 2. The third kappa shape index (κ3) is 5.09. The van der Waals surface area contributed by atoms with E-state index in [0.29, 0.717) is 18.0 Å². The van der Waals surface area contributed by atoms with Gasteiger partial charge in [-0.2, -0.15) is 0 Å². The minimum atomic E-state index is -0.162. The molecule has 0 bridgehead atoms. The zero-order valence-electron chi connectivity index (χ0n) is 15.8. The summed E-state index contributed by atoms with van der Waals surface area (Å²) < 4.78 is 5.28. The van der Waals surface area contributed by atoms with Gasteiger partial charge in [-0.15, -0.1) is 0 Å². The van der Waals surface area contributed by atoms with E-state index >= 15 is 0 Å². The van der Waals surface area contributed by atoms with Crippen molar-refractivity contribution >= 4 is 23.2 Å². The molecule has 2 amide bonds. The smallest absolute Gasteiger partial charge is 0.226 e. The minimum Gasteiger partial charge on any atom is -0.495 e. The van der Waals surface area contributed by atoms with Crippen molar-refractivity contribution in [3.63, 3.8) is 0 Å². The number of rotatable bonds is 7. The number of nitrogens with one attached hydrogen (secondary N) is 1. The average molecular weight is 354 g/mol. The number of methoxy groups -OCH3 is 1. The van der Waals surface area contributed by atoms with E-state index in [1.807, 2.05) is 49.4 Å². The molecule has 5 heteroatoms. The topological polar surface area (TPSA) is 58.6 Å². The molecule has 0 radical (unpaired) electrons. The van der Waals surface area contributed by atoms with E-state index in [0.717, 1.165) is 17.7 Å². The van der Waals surface area contributed by atoms with Gasteiger partial charge in [0, 0.05) is 25.6 Å². The Balaban J connectivity index is 2.03. The molecule has 2 aromatic rings. The van der Waals surface area contributed by atoms with Gasteiger partial charge in [-0.3, -0.25) is 9.59 Å². The van der Waals surface area contributed by atoms with E-state index in [2.05, 4.69) is 12.2 Å². The van der Waals surface area contributed by atoms with Gasteiger partial charge < -0.3 is 15.0 Å². The van der Waals surface area contributed by atoms with Gasteiger partial charge in [0.1, 0.15) is 5.75 Å². The fourth-order valence-electron chi connectivity index (χ4n) is 2.73. The first-order valence-electron chi connectivity index (χ1n) is 8.76. The zero-order chi connectivity index (χ0) is 19.1. The van der Waals surface area contributed by atoms with Crippen molar-refractivity contribution in [3.8, 4) is 5.75 Å². The maximum absolute atomic E-state index is 12.3. The van der Waals surface area contributed by atoms with Crippen LogP contribution in [-0.4, -0.2) is 25.5 Å². The highest BCUT2D eigenvalue weighted by Gasteiger charge is 2.14. The van der Waals surface area contributed by atoms with Crippen molar-refractivity contribution in [3.05, 3.63) is 53.6 Å². The molecular formula is C21H26N2O3. The standard InChI is InChI=1S/C21H26N2O3/c1-5-17-7-9-18(10-8-17)23(16(3)24)13-12-21(25)22-19-14-15(2)6-11-20(19)26-4/h6-11,14H,5,12-13H2,1-4H3,(H,22,25). The molecule has 0 atom stereocenters. The van der Waals surface area contributed by atoms with Crippen LogP contribution in [0.2, 0.25) is 0 Å². The van der Waals surface area contributed by atoms with Gasteiger partial charge in [0.05, 0.1) is 12.8 Å². The van der Waals surface area contributed by atoms with Crippen molar-refractivity contribution in [1.82, 2.24) is 0 Å². The maximum atomic E-state index is 12.3. The van der Waals surface area contributed by atoms with E-state index in [1.165, 1.54) is 12.5 Å². The number of carbonyl (C=O) groups is 2. The van der Waals surface area contributed by atoms with Crippen molar-refractivity contribution in [2.24, 2.45) is 0 Å². The first-order chi connectivity index (χ1) is 12.4. The molecule has 138 valence electrons. The summed E-state index contributed by atoms with van der Waals surface area (Å²) in [6, 6.07) is 13.5. The number of aryl methyl sites for hydroxylation is 2. The molecule has 1 N–H and O–H groups in total. The number of nitrogens with zero attached hydrogens (tertiary/aromatic N) is 1. The normalized spacial score (nSPS) is 10.3. The average Bonchev–Trinajstić information content (AvgIpc) is 2.62. The van der Waals surface area contributed by atoms with Crippen molar-refractivity contribution in [1.29, 1.82) is 0 Å². The number of anilines is 2. The lowest BCUT2D eigenvalue weighted by atomic mass is 10.1. The maximum Gasteiger partial charge on any atom is 0.226 e. The van der Waals surface area contributed by atoms with Crippen LogP contribution in [-0.2, 0) is 16.0 Å². The summed E-state index contributed by atoms with van der Waals surface area (Å²) in [5, 5.41) is 2.86. The Morgan fingerprint density at radius 3 is 2.38 bits per heavy atom. The fraction of sp³-hybridized carbons (Fsp3) is 0.333. The van der Waals surface area contributed by atoms with Gasteiger partial charge in [0.25, 0.3) is 0 Å². The second kappa shape index (κ2) is 9.04. The Morgan fingerprint density at radius 2 is 1.81 bits per heavy atom. The van der Waals surface area contributed by atoms with Crippen LogP contribution in [0, 0.1) is 6.92 Å². The van der Waals surface area contributed by atoms with Crippen LogP contribution < -0.4 is 15.0 Å². The quantitative estimate of drug-likeness (QED) is 0.819. The predicted molar refractivity (Wildman–Crippen MR) is 105 cm³/mol. The first-order valence-corrected chi connectivity index (χ1v) is 8.76. The van der Waals surface area contributed by atoms with E-state index < -0.39 is 0 Å². The Hall–Kier alpha value is -2.82.